The molecule has 0 N–H and O–H groups in total. The second-order valence-electron chi connectivity index (χ2n) is 4.50. The number of rotatable bonds is 2. The number of halogens is 1. The van der Waals surface area contributed by atoms with Gasteiger partial charge in [0.15, 0.2) is 0 Å². The van der Waals surface area contributed by atoms with Crippen molar-refractivity contribution >= 4 is 11.6 Å². The number of hydrogen-bond donors (Lipinski definition) is 0. The minimum absolute atomic E-state index is 0.133. The Balaban J connectivity index is 2.12. The van der Waals surface area contributed by atoms with Crippen LogP contribution in [0.25, 0.3) is 22.8 Å². The molecule has 104 valence electrons. The van der Waals surface area contributed by atoms with Crippen LogP contribution in [0.5, 0.6) is 0 Å². The Morgan fingerprint density at radius 3 is 1.57 bits per heavy atom. The zero-order valence-corrected chi connectivity index (χ0v) is 12.2. The zero-order valence-electron chi connectivity index (χ0n) is 11.4. The Labute approximate surface area is 126 Å². The maximum absolute atomic E-state index is 6.01. The van der Waals surface area contributed by atoms with Gasteiger partial charge in [0.05, 0.1) is 35.2 Å². The molecule has 7 heteroatoms. The van der Waals surface area contributed by atoms with Crippen molar-refractivity contribution in [2.45, 2.75) is 13.8 Å². The molecule has 0 fully saturated rings. The van der Waals surface area contributed by atoms with Crippen LogP contribution in [0.15, 0.2) is 30.9 Å². The van der Waals surface area contributed by atoms with Crippen LogP contribution in [0.2, 0.25) is 5.28 Å². The molecule has 0 saturated heterocycles. The van der Waals surface area contributed by atoms with E-state index in [1.165, 1.54) is 0 Å². The molecule has 3 rings (SSSR count). The summed E-state index contributed by atoms with van der Waals surface area (Å²) >= 11 is 6.01. The average molecular weight is 299 g/mol. The maximum atomic E-state index is 6.01. The normalized spacial score (nSPS) is 10.6. The summed E-state index contributed by atoms with van der Waals surface area (Å²) < 4.78 is 0. The molecule has 0 amide bonds. The van der Waals surface area contributed by atoms with Crippen molar-refractivity contribution in [3.8, 4) is 22.8 Å². The average Bonchev–Trinajstić information content (AvgIpc) is 2.46. The van der Waals surface area contributed by atoms with Crippen molar-refractivity contribution in [1.82, 2.24) is 29.9 Å². The monoisotopic (exact) mass is 298 g/mol. The minimum atomic E-state index is 0.133. The summed E-state index contributed by atoms with van der Waals surface area (Å²) in [4.78, 5) is 25.4. The van der Waals surface area contributed by atoms with Gasteiger partial charge in [-0.25, -0.2) is 19.9 Å². The Morgan fingerprint density at radius 2 is 1.14 bits per heavy atom. The highest BCUT2D eigenvalue weighted by Crippen LogP contribution is 2.22. The molecule has 0 aliphatic rings. The van der Waals surface area contributed by atoms with E-state index in [0.717, 1.165) is 11.4 Å². The first kappa shape index (κ1) is 13.5. The molecule has 0 aliphatic heterocycles. The van der Waals surface area contributed by atoms with Gasteiger partial charge in [-0.2, -0.15) is 0 Å². The highest BCUT2D eigenvalue weighted by Gasteiger charge is 2.10. The Hall–Kier alpha value is -2.47. The van der Waals surface area contributed by atoms with E-state index in [2.05, 4.69) is 29.9 Å². The van der Waals surface area contributed by atoms with Crippen molar-refractivity contribution in [2.24, 2.45) is 0 Å². The molecule has 0 unspecified atom stereocenters. The quantitative estimate of drug-likeness (QED) is 0.677. The third kappa shape index (κ3) is 3.00. The van der Waals surface area contributed by atoms with Gasteiger partial charge in [-0.15, -0.1) is 0 Å². The Bertz CT molecular complexity index is 741. The molecule has 6 nitrogen and oxygen atoms in total. The van der Waals surface area contributed by atoms with Gasteiger partial charge in [0, 0.05) is 12.4 Å². The third-order valence-corrected chi connectivity index (χ3v) is 2.90. The predicted molar refractivity (Wildman–Crippen MR) is 78.6 cm³/mol. The van der Waals surface area contributed by atoms with Crippen LogP contribution in [0, 0.1) is 13.8 Å². The maximum Gasteiger partial charge on any atom is 0.223 e. The lowest BCUT2D eigenvalue weighted by atomic mass is 10.2. The van der Waals surface area contributed by atoms with Gasteiger partial charge in [-0.05, 0) is 31.5 Å². The zero-order chi connectivity index (χ0) is 14.8. The van der Waals surface area contributed by atoms with E-state index in [1.807, 2.05) is 13.8 Å². The smallest absolute Gasteiger partial charge is 0.223 e. The molecule has 3 heterocycles. The van der Waals surface area contributed by atoms with Gasteiger partial charge in [-0.1, -0.05) is 0 Å². The minimum Gasteiger partial charge on any atom is -0.261 e. The van der Waals surface area contributed by atoms with Crippen LogP contribution >= 0.6 is 11.6 Å². The first-order valence-corrected chi connectivity index (χ1v) is 6.62. The lowest BCUT2D eigenvalue weighted by Gasteiger charge is -2.05. The predicted octanol–water partition coefficient (Wildman–Crippen LogP) is 2.66. The summed E-state index contributed by atoms with van der Waals surface area (Å²) in [5.74, 6) is 0. The molecule has 3 aromatic heterocycles. The lowest BCUT2D eigenvalue weighted by Crippen LogP contribution is -1.97. The lowest BCUT2D eigenvalue weighted by molar-refractivity contribution is 1.07. The molecule has 0 atom stereocenters. The Morgan fingerprint density at radius 1 is 0.667 bits per heavy atom. The molecular weight excluding hydrogens is 288 g/mol. The van der Waals surface area contributed by atoms with Crippen molar-refractivity contribution in [2.75, 3.05) is 0 Å². The van der Waals surface area contributed by atoms with Crippen molar-refractivity contribution in [3.05, 3.63) is 47.5 Å². The first-order chi connectivity index (χ1) is 10.1. The molecule has 0 spiro atoms. The van der Waals surface area contributed by atoms with Crippen molar-refractivity contribution in [1.29, 1.82) is 0 Å². The fourth-order valence-corrected chi connectivity index (χ4v) is 2.04. The van der Waals surface area contributed by atoms with Gasteiger partial charge in [0.25, 0.3) is 0 Å². The van der Waals surface area contributed by atoms with Crippen molar-refractivity contribution < 1.29 is 0 Å². The van der Waals surface area contributed by atoms with Crippen LogP contribution in [-0.4, -0.2) is 29.9 Å². The SMILES string of the molecule is Cc1cncc(-c2cc(-c3cncc(C)n3)nc(Cl)n2)n1. The summed E-state index contributed by atoms with van der Waals surface area (Å²) in [6.45, 7) is 3.73. The molecule has 0 aliphatic carbocycles. The van der Waals surface area contributed by atoms with Crippen LogP contribution < -0.4 is 0 Å². The second-order valence-corrected chi connectivity index (χ2v) is 4.84. The van der Waals surface area contributed by atoms with Gasteiger partial charge >= 0.3 is 0 Å². The molecule has 0 aromatic carbocycles. The second kappa shape index (κ2) is 5.49. The molecule has 21 heavy (non-hydrogen) atoms. The highest BCUT2D eigenvalue weighted by molar-refractivity contribution is 6.28. The van der Waals surface area contributed by atoms with Gasteiger partial charge in [0.2, 0.25) is 5.28 Å². The van der Waals surface area contributed by atoms with Gasteiger partial charge < -0.3 is 0 Å². The molecule has 0 radical (unpaired) electrons. The first-order valence-electron chi connectivity index (χ1n) is 6.24. The molecule has 0 bridgehead atoms. The van der Waals surface area contributed by atoms with Crippen molar-refractivity contribution in [3.63, 3.8) is 0 Å². The summed E-state index contributed by atoms with van der Waals surface area (Å²) in [6.07, 6.45) is 6.63. The summed E-state index contributed by atoms with van der Waals surface area (Å²) in [5, 5.41) is 0.133. The van der Waals surface area contributed by atoms with Gasteiger partial charge in [-0.3, -0.25) is 9.97 Å². The fourth-order valence-electron chi connectivity index (χ4n) is 1.85. The molecule has 3 aromatic rings. The summed E-state index contributed by atoms with van der Waals surface area (Å²) in [5.41, 5.74) is 4.09. The molecular formula is C14H11ClN6. The number of aryl methyl sites for hydroxylation is 2. The van der Waals surface area contributed by atoms with E-state index in [9.17, 15) is 0 Å². The fraction of sp³-hybridized carbons (Fsp3) is 0.143. The van der Waals surface area contributed by atoms with Gasteiger partial charge in [0.1, 0.15) is 11.4 Å². The van der Waals surface area contributed by atoms with E-state index in [-0.39, 0.29) is 5.28 Å². The largest absolute Gasteiger partial charge is 0.261 e. The van der Waals surface area contributed by atoms with E-state index in [1.54, 1.807) is 30.9 Å². The Kier molecular flexibility index (Phi) is 3.53. The summed E-state index contributed by atoms with van der Waals surface area (Å²) in [7, 11) is 0. The van der Waals surface area contributed by atoms with Crippen LogP contribution in [0.3, 0.4) is 0 Å². The van der Waals surface area contributed by atoms with Crippen LogP contribution in [0.4, 0.5) is 0 Å². The summed E-state index contributed by atoms with van der Waals surface area (Å²) in [6, 6.07) is 1.78. The number of nitrogens with zero attached hydrogens (tertiary/aromatic N) is 6. The highest BCUT2D eigenvalue weighted by atomic mass is 35.5. The van der Waals surface area contributed by atoms with E-state index in [0.29, 0.717) is 22.8 Å². The van der Waals surface area contributed by atoms with E-state index < -0.39 is 0 Å². The van der Waals surface area contributed by atoms with Crippen LogP contribution in [0.1, 0.15) is 11.4 Å². The molecule has 0 saturated carbocycles. The standard InChI is InChI=1S/C14H11ClN6/c1-8-4-16-6-12(18-8)10-3-11(21-14(15)20-10)13-7-17-5-9(2)19-13/h3-7H,1-2H3. The number of aromatic nitrogens is 6. The van der Waals surface area contributed by atoms with E-state index in [4.69, 9.17) is 11.6 Å². The van der Waals surface area contributed by atoms with E-state index >= 15 is 0 Å². The third-order valence-electron chi connectivity index (χ3n) is 2.73. The number of hydrogen-bond acceptors (Lipinski definition) is 6. The topological polar surface area (TPSA) is 77.3 Å². The van der Waals surface area contributed by atoms with Crippen LogP contribution in [-0.2, 0) is 0 Å².